The van der Waals surface area contributed by atoms with Crippen LogP contribution in [0.2, 0.25) is 0 Å². The van der Waals surface area contributed by atoms with Gasteiger partial charge >= 0.3 is 0 Å². The lowest BCUT2D eigenvalue weighted by Gasteiger charge is -2.39. The molecular weight excluding hydrogens is 334 g/mol. The molecule has 0 atom stereocenters. The minimum absolute atomic E-state index is 0. The van der Waals surface area contributed by atoms with Crippen LogP contribution in [0.5, 0.6) is 0 Å². The summed E-state index contributed by atoms with van der Waals surface area (Å²) in [7, 11) is -4.10. The van der Waals surface area contributed by atoms with Crippen LogP contribution in [0.3, 0.4) is 0 Å². The molecule has 0 aromatic heterocycles. The van der Waals surface area contributed by atoms with E-state index in [4.69, 9.17) is 0 Å². The zero-order chi connectivity index (χ0) is 18.9. The Morgan fingerprint density at radius 2 is 1.04 bits per heavy atom. The molecule has 0 aromatic rings. The fourth-order valence-electron chi connectivity index (χ4n) is 2.81. The van der Waals surface area contributed by atoms with Gasteiger partial charge in [0.15, 0.2) is 0 Å². The largest absolute Gasteiger partial charge is 0.744 e. The van der Waals surface area contributed by atoms with E-state index in [1.165, 1.54) is 95.0 Å². The van der Waals surface area contributed by atoms with Crippen molar-refractivity contribution in [1.29, 1.82) is 0 Å². The zero-order valence-electron chi connectivity index (χ0n) is 16.7. The maximum Gasteiger partial charge on any atom is 0.117 e. The molecule has 0 aromatic carbocycles. The third-order valence-corrected chi connectivity index (χ3v) is 4.85. The molecule has 0 amide bonds. The molecule has 25 heavy (non-hydrogen) atoms. The Bertz CT molecular complexity index is 354. The van der Waals surface area contributed by atoms with E-state index in [1.807, 2.05) is 0 Å². The number of allylic oxidation sites excluding steroid dienone is 1. The highest BCUT2D eigenvalue weighted by Crippen LogP contribution is 2.16. The first kappa shape index (κ1) is 29.4. The van der Waals surface area contributed by atoms with Gasteiger partial charge in [-0.05, 0) is 32.6 Å². The minimum atomic E-state index is -4.10. The topological polar surface area (TPSA) is 57.2 Å². The van der Waals surface area contributed by atoms with Gasteiger partial charge in [0.25, 0.3) is 0 Å². The molecule has 0 fully saturated rings. The summed E-state index contributed by atoms with van der Waals surface area (Å²) >= 11 is 0. The second-order valence-corrected chi connectivity index (χ2v) is 7.87. The quantitative estimate of drug-likeness (QED) is 0.304. The van der Waals surface area contributed by atoms with E-state index in [0.717, 1.165) is 0 Å². The smallest absolute Gasteiger partial charge is 0.117 e. The number of hydrogen-bond donors (Lipinski definition) is 0. The van der Waals surface area contributed by atoms with Gasteiger partial charge < -0.3 is 9.04 Å². The minimum Gasteiger partial charge on any atom is -0.744 e. The van der Waals surface area contributed by atoms with Gasteiger partial charge in [0.05, 0.1) is 26.2 Å². The number of hydrogen-bond acceptors (Lipinski definition) is 3. The van der Waals surface area contributed by atoms with Crippen LogP contribution in [-0.4, -0.2) is 43.6 Å². The first-order valence-corrected chi connectivity index (χ1v) is 11.2. The fraction of sp³-hybridized carbons (Fsp3) is 0.900. The highest BCUT2D eigenvalue weighted by atomic mass is 32.2. The van der Waals surface area contributed by atoms with Crippen LogP contribution in [-0.2, 0) is 10.1 Å². The van der Waals surface area contributed by atoms with Crippen LogP contribution in [0.25, 0.3) is 0 Å². The predicted octanol–water partition coefficient (Wildman–Crippen LogP) is 5.70. The highest BCUT2D eigenvalue weighted by Gasteiger charge is 2.24. The highest BCUT2D eigenvalue weighted by molar-refractivity contribution is 7.88. The third kappa shape index (κ3) is 19.8. The molecule has 0 bridgehead atoms. The van der Waals surface area contributed by atoms with E-state index in [0.29, 0.717) is 5.41 Å². The van der Waals surface area contributed by atoms with E-state index in [1.54, 1.807) is 0 Å². The average molecular weight is 380 g/mol. The molecule has 0 aliphatic heterocycles. The van der Waals surface area contributed by atoms with E-state index >= 15 is 0 Å². The lowest BCUT2D eigenvalue weighted by atomic mass is 10.1. The Hall–Kier alpha value is -0.390. The molecule has 0 radical (unpaired) electrons. The summed E-state index contributed by atoms with van der Waals surface area (Å²) in [6.45, 7) is 16.5. The van der Waals surface area contributed by atoms with Gasteiger partial charge in [-0.1, -0.05) is 66.9 Å². The van der Waals surface area contributed by atoms with Crippen molar-refractivity contribution in [2.24, 2.45) is 0 Å². The first-order chi connectivity index (χ1) is 11.3. The summed E-state index contributed by atoms with van der Waals surface area (Å²) in [4.78, 5) is 0. The van der Waals surface area contributed by atoms with Gasteiger partial charge in [-0.25, -0.2) is 8.42 Å². The summed E-state index contributed by atoms with van der Waals surface area (Å²) < 4.78 is 30.2. The summed E-state index contributed by atoms with van der Waals surface area (Å²) in [5.41, 5.74) is 0. The molecule has 4 nitrogen and oxygen atoms in total. The SMILES string of the molecule is C.C/C=C/S(=O)(=O)[O-].CCCC[N+](CCCC)(CCCC)CCCC. The van der Waals surface area contributed by atoms with Crippen LogP contribution in [0.1, 0.15) is 93.4 Å². The van der Waals surface area contributed by atoms with Gasteiger partial charge in [0.1, 0.15) is 10.1 Å². The lowest BCUT2D eigenvalue weighted by molar-refractivity contribution is -0.929. The Morgan fingerprint density at radius 1 is 0.760 bits per heavy atom. The van der Waals surface area contributed by atoms with Crippen LogP contribution in [0.15, 0.2) is 11.5 Å². The summed E-state index contributed by atoms with van der Waals surface area (Å²) in [5.74, 6) is 0. The standard InChI is InChI=1S/C16H36N.C3H6O3S.CH4/c1-5-9-13-17(14-10-6-2,15-11-7-3)16-12-8-4;1-2-3-7(4,5)6;/h5-16H2,1-4H3;2-3H,1H3,(H,4,5,6);1H4/q+1;;/p-1/b;3-2+;. The number of nitrogens with zero attached hydrogens (tertiary/aromatic N) is 1. The molecule has 5 heteroatoms. The van der Waals surface area contributed by atoms with Gasteiger partial charge in [-0.3, -0.25) is 0 Å². The summed E-state index contributed by atoms with van der Waals surface area (Å²) in [5, 5.41) is 0.604. The van der Waals surface area contributed by atoms with Gasteiger partial charge in [-0.15, -0.1) is 0 Å². The fourth-order valence-corrected chi connectivity index (χ4v) is 3.14. The first-order valence-electron chi connectivity index (χ1n) is 9.74. The van der Waals surface area contributed by atoms with Crippen molar-refractivity contribution >= 4 is 10.1 Å². The molecule has 0 aliphatic carbocycles. The van der Waals surface area contributed by atoms with Crippen LogP contribution >= 0.6 is 0 Å². The molecule has 154 valence electrons. The third-order valence-electron chi connectivity index (χ3n) is 4.25. The van der Waals surface area contributed by atoms with Crippen molar-refractivity contribution in [2.75, 3.05) is 26.2 Å². The second-order valence-electron chi connectivity index (χ2n) is 6.61. The predicted molar refractivity (Wildman–Crippen MR) is 111 cm³/mol. The maximum atomic E-state index is 9.59. The van der Waals surface area contributed by atoms with Crippen LogP contribution in [0, 0.1) is 0 Å². The zero-order valence-corrected chi connectivity index (χ0v) is 17.5. The van der Waals surface area contributed by atoms with Gasteiger partial charge in [0, 0.05) is 5.41 Å². The lowest BCUT2D eigenvalue weighted by Crippen LogP contribution is -2.50. The van der Waals surface area contributed by atoms with Crippen molar-refractivity contribution < 1.29 is 17.5 Å². The molecule has 0 rings (SSSR count). The molecule has 0 spiro atoms. The molecule has 0 saturated carbocycles. The normalized spacial score (nSPS) is 11.8. The van der Waals surface area contributed by atoms with E-state index < -0.39 is 10.1 Å². The Labute approximate surface area is 159 Å². The number of unbranched alkanes of at least 4 members (excludes halogenated alkanes) is 4. The second kappa shape index (κ2) is 18.4. The molecule has 0 saturated heterocycles. The van der Waals surface area contributed by atoms with Crippen molar-refractivity contribution in [2.45, 2.75) is 93.4 Å². The van der Waals surface area contributed by atoms with E-state index in [-0.39, 0.29) is 7.43 Å². The molecule has 0 heterocycles. The van der Waals surface area contributed by atoms with Crippen molar-refractivity contribution in [1.82, 2.24) is 0 Å². The van der Waals surface area contributed by atoms with Crippen molar-refractivity contribution in [3.63, 3.8) is 0 Å². The Kier molecular flexibility index (Phi) is 21.6. The molecule has 0 N–H and O–H groups in total. The monoisotopic (exact) mass is 379 g/mol. The Morgan fingerprint density at radius 3 is 1.16 bits per heavy atom. The van der Waals surface area contributed by atoms with Gasteiger partial charge in [0.2, 0.25) is 0 Å². The van der Waals surface area contributed by atoms with Crippen molar-refractivity contribution in [3.05, 3.63) is 11.5 Å². The van der Waals surface area contributed by atoms with Crippen LogP contribution in [0.4, 0.5) is 0 Å². The number of rotatable bonds is 13. The van der Waals surface area contributed by atoms with Crippen LogP contribution < -0.4 is 0 Å². The van der Waals surface area contributed by atoms with E-state index in [2.05, 4.69) is 27.7 Å². The maximum absolute atomic E-state index is 9.59. The molecule has 0 aliphatic rings. The Balaban J connectivity index is -0.000000513. The van der Waals surface area contributed by atoms with Gasteiger partial charge in [-0.2, -0.15) is 0 Å². The number of quaternary nitrogens is 1. The average Bonchev–Trinajstić information content (AvgIpc) is 2.53. The van der Waals surface area contributed by atoms with Crippen molar-refractivity contribution in [3.8, 4) is 0 Å². The molecular formula is C20H45NO3S. The summed E-state index contributed by atoms with van der Waals surface area (Å²) in [6, 6.07) is 0. The van der Waals surface area contributed by atoms with E-state index in [9.17, 15) is 13.0 Å². The molecule has 0 unspecified atom stereocenters. The summed E-state index contributed by atoms with van der Waals surface area (Å²) in [6.07, 6.45) is 12.2.